The largest absolute Gasteiger partial charge is 0.417 e. The lowest BCUT2D eigenvalue weighted by Crippen LogP contribution is -2.47. The van der Waals surface area contributed by atoms with Crippen LogP contribution in [-0.2, 0) is 36.3 Å². The second-order valence-electron chi connectivity index (χ2n) is 11.0. The molecule has 9 heteroatoms. The third kappa shape index (κ3) is 5.24. The van der Waals surface area contributed by atoms with Crippen LogP contribution in [0.1, 0.15) is 67.0 Å². The number of halogens is 5. The van der Waals surface area contributed by atoms with Crippen molar-refractivity contribution in [1.29, 1.82) is 0 Å². The summed E-state index contributed by atoms with van der Waals surface area (Å²) >= 11 is 0. The maximum absolute atomic E-state index is 13.8. The van der Waals surface area contributed by atoms with Gasteiger partial charge in [0.05, 0.1) is 11.0 Å². The summed E-state index contributed by atoms with van der Waals surface area (Å²) in [6, 6.07) is 7.72. The van der Waals surface area contributed by atoms with Crippen LogP contribution in [0.3, 0.4) is 0 Å². The number of benzene rings is 1. The average molecular weight is 522 g/mol. The van der Waals surface area contributed by atoms with E-state index in [-0.39, 0.29) is 30.0 Å². The van der Waals surface area contributed by atoms with Gasteiger partial charge in [0.15, 0.2) is 0 Å². The predicted octanol–water partition coefficient (Wildman–Crippen LogP) is 5.88. The quantitative estimate of drug-likeness (QED) is 0.483. The molecule has 3 aliphatic rings. The Morgan fingerprint density at radius 2 is 1.92 bits per heavy atom. The first kappa shape index (κ1) is 26.1. The molecular weight excluding hydrogens is 489 g/mol. The van der Waals surface area contributed by atoms with Crippen LogP contribution in [0.5, 0.6) is 0 Å². The van der Waals surface area contributed by atoms with E-state index in [2.05, 4.69) is 10.3 Å². The number of alkyl halides is 5. The summed E-state index contributed by atoms with van der Waals surface area (Å²) < 4.78 is 66.5. The number of nitrogens with zero attached hydrogens (tertiary/aromatic N) is 2. The Labute approximate surface area is 213 Å². The molecule has 37 heavy (non-hydrogen) atoms. The number of hydrogen-bond donors (Lipinski definition) is 1. The maximum atomic E-state index is 13.8. The molecule has 2 aromatic rings. The van der Waals surface area contributed by atoms with Crippen LogP contribution >= 0.6 is 0 Å². The molecule has 1 N–H and O–H groups in total. The molecule has 200 valence electrons. The standard InChI is InChI=1S/C28H32F5N3O/c1-26(29,30)20-6-4-18(5-7-20)8-11-34-23-14-21-3-2-10-27(21,15-23)25(37)36-12-9-24-19(17-36)13-22(16-35-24)28(31,32)33/h4-7,13,16,21,23,34H,2-3,8-12,14-15,17H2,1H3. The van der Waals surface area contributed by atoms with Crippen molar-refractivity contribution in [2.24, 2.45) is 11.3 Å². The van der Waals surface area contributed by atoms with Crippen LogP contribution in [0, 0.1) is 11.3 Å². The number of carbonyl (C=O) groups excluding carboxylic acids is 1. The minimum absolute atomic E-state index is 0.000899. The number of aromatic nitrogens is 1. The minimum atomic E-state index is -4.46. The van der Waals surface area contributed by atoms with Gasteiger partial charge in [-0.25, -0.2) is 8.78 Å². The Morgan fingerprint density at radius 3 is 2.62 bits per heavy atom. The van der Waals surface area contributed by atoms with Gasteiger partial charge in [-0.15, -0.1) is 0 Å². The number of rotatable bonds is 6. The van der Waals surface area contributed by atoms with Crippen molar-refractivity contribution >= 4 is 5.91 Å². The fourth-order valence-electron chi connectivity index (χ4n) is 6.60. The zero-order valence-corrected chi connectivity index (χ0v) is 20.9. The highest BCUT2D eigenvalue weighted by Gasteiger charge is 2.56. The third-order valence-corrected chi connectivity index (χ3v) is 8.52. The number of nitrogens with one attached hydrogen (secondary N) is 1. The lowest BCUT2D eigenvalue weighted by atomic mass is 9.78. The molecule has 2 fully saturated rings. The molecule has 1 aromatic heterocycles. The Bertz CT molecular complexity index is 1140. The highest BCUT2D eigenvalue weighted by Crippen LogP contribution is 2.55. The fraction of sp³-hybridized carbons (Fsp3) is 0.571. The summed E-state index contributed by atoms with van der Waals surface area (Å²) in [6.45, 7) is 2.22. The minimum Gasteiger partial charge on any atom is -0.337 e. The average Bonchev–Trinajstić information content (AvgIpc) is 3.40. The summed E-state index contributed by atoms with van der Waals surface area (Å²) in [7, 11) is 0. The normalized spacial score (nSPS) is 25.7. The van der Waals surface area contributed by atoms with E-state index >= 15 is 0 Å². The second-order valence-corrected chi connectivity index (χ2v) is 11.0. The van der Waals surface area contributed by atoms with E-state index < -0.39 is 23.1 Å². The molecule has 0 saturated heterocycles. The molecule has 2 aliphatic carbocycles. The van der Waals surface area contributed by atoms with Crippen LogP contribution < -0.4 is 5.32 Å². The first-order chi connectivity index (χ1) is 17.5. The predicted molar refractivity (Wildman–Crippen MR) is 129 cm³/mol. The van der Waals surface area contributed by atoms with Gasteiger partial charge >= 0.3 is 6.18 Å². The van der Waals surface area contributed by atoms with E-state index in [4.69, 9.17) is 0 Å². The Kier molecular flexibility index (Phi) is 6.79. The topological polar surface area (TPSA) is 45.2 Å². The molecule has 3 atom stereocenters. The van der Waals surface area contributed by atoms with Gasteiger partial charge in [-0.2, -0.15) is 13.2 Å². The van der Waals surface area contributed by atoms with E-state index in [0.717, 1.165) is 56.9 Å². The van der Waals surface area contributed by atoms with Crippen molar-refractivity contribution in [3.05, 3.63) is 64.5 Å². The molecule has 0 bridgehead atoms. The summed E-state index contributed by atoms with van der Waals surface area (Å²) in [5, 5.41) is 3.57. The molecule has 3 unspecified atom stereocenters. The van der Waals surface area contributed by atoms with Crippen LogP contribution in [-0.4, -0.2) is 34.9 Å². The monoisotopic (exact) mass is 521 g/mol. The van der Waals surface area contributed by atoms with Gasteiger partial charge in [-0.3, -0.25) is 9.78 Å². The van der Waals surface area contributed by atoms with Crippen molar-refractivity contribution in [3.8, 4) is 0 Å². The molecule has 2 heterocycles. The van der Waals surface area contributed by atoms with Crippen molar-refractivity contribution in [3.63, 3.8) is 0 Å². The van der Waals surface area contributed by atoms with E-state index in [1.807, 2.05) is 0 Å². The van der Waals surface area contributed by atoms with Crippen molar-refractivity contribution in [2.75, 3.05) is 13.1 Å². The lowest BCUT2D eigenvalue weighted by Gasteiger charge is -2.37. The molecule has 4 nitrogen and oxygen atoms in total. The zero-order chi connectivity index (χ0) is 26.4. The van der Waals surface area contributed by atoms with Gasteiger partial charge in [0.1, 0.15) is 0 Å². The molecule has 1 aromatic carbocycles. The van der Waals surface area contributed by atoms with Gasteiger partial charge < -0.3 is 10.2 Å². The first-order valence-electron chi connectivity index (χ1n) is 13.0. The van der Waals surface area contributed by atoms with Crippen LogP contribution in [0.4, 0.5) is 22.0 Å². The summed E-state index contributed by atoms with van der Waals surface area (Å²) in [4.78, 5) is 19.6. The maximum Gasteiger partial charge on any atom is 0.417 e. The number of carbonyl (C=O) groups is 1. The van der Waals surface area contributed by atoms with E-state index in [1.54, 1.807) is 17.0 Å². The third-order valence-electron chi connectivity index (χ3n) is 8.52. The Balaban J connectivity index is 1.21. The van der Waals surface area contributed by atoms with Crippen molar-refractivity contribution in [2.45, 2.75) is 76.6 Å². The van der Waals surface area contributed by atoms with Gasteiger partial charge in [-0.05, 0) is 61.8 Å². The first-order valence-corrected chi connectivity index (χ1v) is 13.0. The van der Waals surface area contributed by atoms with Gasteiger partial charge in [0.2, 0.25) is 5.91 Å². The molecule has 1 aliphatic heterocycles. The second kappa shape index (κ2) is 9.64. The number of fused-ring (bicyclic) bond motifs is 2. The summed E-state index contributed by atoms with van der Waals surface area (Å²) in [6.07, 6.45) is 1.99. The molecule has 5 rings (SSSR count). The molecule has 1 amide bonds. The van der Waals surface area contributed by atoms with E-state index in [1.165, 1.54) is 12.1 Å². The van der Waals surface area contributed by atoms with Crippen molar-refractivity contribution in [1.82, 2.24) is 15.2 Å². The van der Waals surface area contributed by atoms with Crippen LogP contribution in [0.15, 0.2) is 36.5 Å². The molecule has 0 radical (unpaired) electrons. The number of pyridine rings is 1. The number of hydrogen-bond acceptors (Lipinski definition) is 3. The summed E-state index contributed by atoms with van der Waals surface area (Å²) in [5.41, 5.74) is 0.862. The Hall–Kier alpha value is -2.55. The van der Waals surface area contributed by atoms with Crippen molar-refractivity contribution < 1.29 is 26.7 Å². The fourth-order valence-corrected chi connectivity index (χ4v) is 6.60. The molecule has 0 spiro atoms. The van der Waals surface area contributed by atoms with E-state index in [9.17, 15) is 26.7 Å². The SMILES string of the molecule is CC(F)(F)c1ccc(CCNC2CC3CCCC3(C(=O)N3CCc4ncc(C(F)(F)F)cc4C3)C2)cc1. The van der Waals surface area contributed by atoms with Crippen LogP contribution in [0.2, 0.25) is 0 Å². The number of amides is 1. The van der Waals surface area contributed by atoms with Gasteiger partial charge in [0.25, 0.3) is 5.92 Å². The van der Waals surface area contributed by atoms with E-state index in [0.29, 0.717) is 37.2 Å². The molecule has 2 saturated carbocycles. The highest BCUT2D eigenvalue weighted by atomic mass is 19.4. The summed E-state index contributed by atoms with van der Waals surface area (Å²) in [5.74, 6) is -2.52. The lowest BCUT2D eigenvalue weighted by molar-refractivity contribution is -0.144. The van der Waals surface area contributed by atoms with Gasteiger partial charge in [-0.1, -0.05) is 30.7 Å². The van der Waals surface area contributed by atoms with Gasteiger partial charge in [0, 0.05) is 49.9 Å². The smallest absolute Gasteiger partial charge is 0.337 e. The highest BCUT2D eigenvalue weighted by molar-refractivity contribution is 5.84. The van der Waals surface area contributed by atoms with Crippen LogP contribution in [0.25, 0.3) is 0 Å². The molecular formula is C28H32F5N3O. The Morgan fingerprint density at radius 1 is 1.16 bits per heavy atom. The zero-order valence-electron chi connectivity index (χ0n) is 20.9.